The van der Waals surface area contributed by atoms with Crippen molar-refractivity contribution in [1.82, 2.24) is 0 Å². The molecule has 0 atom stereocenters. The van der Waals surface area contributed by atoms with Crippen molar-refractivity contribution in [3.8, 4) is 11.5 Å². The Bertz CT molecular complexity index is 1400. The minimum absolute atomic E-state index is 0.0987. The summed E-state index contributed by atoms with van der Waals surface area (Å²) in [5.41, 5.74) is 2.72. The number of nitrogens with zero attached hydrogens (tertiary/aromatic N) is 1. The van der Waals surface area contributed by atoms with Gasteiger partial charge < -0.3 is 14.8 Å². The quantitative estimate of drug-likeness (QED) is 0.282. The fourth-order valence-electron chi connectivity index (χ4n) is 3.40. The lowest BCUT2D eigenvalue weighted by molar-refractivity contribution is -0.118. The molecule has 1 fully saturated rings. The largest absolute Gasteiger partial charge is 0.493 e. The number of aryl methyl sites for hydroxylation is 1. The Morgan fingerprint density at radius 3 is 2.67 bits per heavy atom. The molecular formula is C26H20ClFN2O4S2. The van der Waals surface area contributed by atoms with Crippen LogP contribution in [0.2, 0.25) is 5.02 Å². The fraction of sp³-hybridized carbons (Fsp3) is 0.115. The average Bonchev–Trinajstić information content (AvgIpc) is 3.13. The number of thiocarbonyl (C=S) groups is 1. The van der Waals surface area contributed by atoms with E-state index in [1.54, 1.807) is 24.3 Å². The van der Waals surface area contributed by atoms with Gasteiger partial charge in [0.05, 0.1) is 22.7 Å². The first kappa shape index (κ1) is 25.7. The molecule has 184 valence electrons. The van der Waals surface area contributed by atoms with E-state index >= 15 is 0 Å². The molecule has 6 nitrogen and oxygen atoms in total. The lowest BCUT2D eigenvalue weighted by Crippen LogP contribution is -2.27. The molecule has 0 bridgehead atoms. The van der Waals surface area contributed by atoms with Crippen LogP contribution in [0.15, 0.2) is 65.6 Å². The van der Waals surface area contributed by atoms with Crippen LogP contribution in [0, 0.1) is 12.7 Å². The smallest absolute Gasteiger partial charge is 0.270 e. The van der Waals surface area contributed by atoms with Crippen LogP contribution in [0.4, 0.5) is 15.8 Å². The molecule has 3 aromatic carbocycles. The van der Waals surface area contributed by atoms with Gasteiger partial charge in [-0.2, -0.15) is 0 Å². The number of carbonyl (C=O) groups is 2. The number of thioether (sulfide) groups is 1. The second-order valence-electron chi connectivity index (χ2n) is 7.68. The van der Waals surface area contributed by atoms with Gasteiger partial charge in [-0.05, 0) is 60.5 Å². The van der Waals surface area contributed by atoms with Crippen LogP contribution >= 0.6 is 35.6 Å². The Balaban J connectivity index is 1.47. The average molecular weight is 543 g/mol. The molecule has 36 heavy (non-hydrogen) atoms. The van der Waals surface area contributed by atoms with Crippen LogP contribution in [0.1, 0.15) is 11.1 Å². The molecule has 0 unspecified atom stereocenters. The van der Waals surface area contributed by atoms with Crippen molar-refractivity contribution in [1.29, 1.82) is 0 Å². The minimum atomic E-state index is -0.580. The highest BCUT2D eigenvalue weighted by atomic mass is 35.5. The summed E-state index contributed by atoms with van der Waals surface area (Å²) in [6.07, 6.45) is 1.67. The Labute approximate surface area is 222 Å². The van der Waals surface area contributed by atoms with Crippen LogP contribution in [-0.4, -0.2) is 29.9 Å². The van der Waals surface area contributed by atoms with Gasteiger partial charge in [0.15, 0.2) is 22.4 Å². The van der Waals surface area contributed by atoms with E-state index in [0.29, 0.717) is 37.7 Å². The Morgan fingerprint density at radius 2 is 1.94 bits per heavy atom. The number of halogens is 2. The van der Waals surface area contributed by atoms with Gasteiger partial charge in [0.25, 0.3) is 11.8 Å². The minimum Gasteiger partial charge on any atom is -0.493 e. The van der Waals surface area contributed by atoms with E-state index in [2.05, 4.69) is 5.32 Å². The van der Waals surface area contributed by atoms with Crippen molar-refractivity contribution in [2.45, 2.75) is 6.92 Å². The maximum atomic E-state index is 13.5. The van der Waals surface area contributed by atoms with Crippen molar-refractivity contribution in [3.63, 3.8) is 0 Å². The summed E-state index contributed by atoms with van der Waals surface area (Å²) in [5.74, 6) is -0.459. The van der Waals surface area contributed by atoms with Crippen molar-refractivity contribution in [2.24, 2.45) is 0 Å². The van der Waals surface area contributed by atoms with Crippen molar-refractivity contribution in [3.05, 3.63) is 87.5 Å². The molecule has 3 aromatic rings. The monoisotopic (exact) mass is 542 g/mol. The molecule has 0 spiro atoms. The van der Waals surface area contributed by atoms with Gasteiger partial charge in [-0.25, -0.2) is 4.39 Å². The Kier molecular flexibility index (Phi) is 7.93. The van der Waals surface area contributed by atoms with Crippen LogP contribution in [0.25, 0.3) is 6.08 Å². The number of hydrogen-bond acceptors (Lipinski definition) is 6. The van der Waals surface area contributed by atoms with E-state index in [1.165, 1.54) is 30.2 Å². The maximum Gasteiger partial charge on any atom is 0.270 e. The molecule has 10 heteroatoms. The summed E-state index contributed by atoms with van der Waals surface area (Å²) in [6, 6.07) is 16.5. The molecule has 1 heterocycles. The molecule has 0 aliphatic carbocycles. The SMILES string of the molecule is COc1cc(/C=C2\SC(=S)N(c3ccc(F)c(Cl)c3)C2=O)ccc1OCC(=O)Nc1ccccc1C. The van der Waals surface area contributed by atoms with Gasteiger partial charge in [-0.15, -0.1) is 0 Å². The molecular weight excluding hydrogens is 523 g/mol. The Morgan fingerprint density at radius 1 is 1.17 bits per heavy atom. The molecule has 0 radical (unpaired) electrons. The van der Waals surface area contributed by atoms with E-state index in [1.807, 2.05) is 31.2 Å². The van der Waals surface area contributed by atoms with Gasteiger partial charge in [-0.3, -0.25) is 14.5 Å². The number of hydrogen-bond donors (Lipinski definition) is 1. The first-order chi connectivity index (χ1) is 17.3. The van der Waals surface area contributed by atoms with Crippen LogP contribution < -0.4 is 19.7 Å². The summed E-state index contributed by atoms with van der Waals surface area (Å²) in [5, 5.41) is 2.71. The van der Waals surface area contributed by atoms with E-state index < -0.39 is 5.82 Å². The van der Waals surface area contributed by atoms with Crippen LogP contribution in [0.3, 0.4) is 0 Å². The standard InChI is InChI=1S/C26H20ClFN2O4S2/c1-15-5-3-4-6-20(15)29-24(31)14-34-21-10-7-16(11-22(21)33-2)12-23-25(32)30(26(35)36-23)17-8-9-19(28)18(27)13-17/h3-13H,14H2,1-2H3,(H,29,31)/b23-12-. The van der Waals surface area contributed by atoms with Crippen molar-refractivity contribution >= 4 is 69.2 Å². The van der Waals surface area contributed by atoms with Gasteiger partial charge in [0.1, 0.15) is 5.82 Å². The van der Waals surface area contributed by atoms with Crippen LogP contribution in [0.5, 0.6) is 11.5 Å². The molecule has 1 aliphatic heterocycles. The zero-order chi connectivity index (χ0) is 25.8. The highest BCUT2D eigenvalue weighted by molar-refractivity contribution is 8.27. The van der Waals surface area contributed by atoms with Gasteiger partial charge >= 0.3 is 0 Å². The summed E-state index contributed by atoms with van der Waals surface area (Å²) in [6.45, 7) is 1.70. The number of benzene rings is 3. The maximum absolute atomic E-state index is 13.5. The zero-order valence-corrected chi connectivity index (χ0v) is 21.6. The normalized spacial score (nSPS) is 14.3. The molecule has 4 rings (SSSR count). The number of ether oxygens (including phenoxy) is 2. The number of rotatable bonds is 7. The number of nitrogens with one attached hydrogen (secondary N) is 1. The third-order valence-electron chi connectivity index (χ3n) is 5.22. The van der Waals surface area contributed by atoms with E-state index in [4.69, 9.17) is 33.3 Å². The predicted octanol–water partition coefficient (Wildman–Crippen LogP) is 6.22. The van der Waals surface area contributed by atoms with Gasteiger partial charge in [0.2, 0.25) is 0 Å². The van der Waals surface area contributed by atoms with E-state index in [0.717, 1.165) is 17.3 Å². The number of amides is 2. The highest BCUT2D eigenvalue weighted by Gasteiger charge is 2.33. The second kappa shape index (κ2) is 11.1. The second-order valence-corrected chi connectivity index (χ2v) is 9.76. The lowest BCUT2D eigenvalue weighted by Gasteiger charge is -2.14. The van der Waals surface area contributed by atoms with Crippen LogP contribution in [-0.2, 0) is 9.59 Å². The molecule has 0 aromatic heterocycles. The lowest BCUT2D eigenvalue weighted by atomic mass is 10.1. The predicted molar refractivity (Wildman–Crippen MR) is 145 cm³/mol. The van der Waals surface area contributed by atoms with Gasteiger partial charge in [-0.1, -0.05) is 59.8 Å². The van der Waals surface area contributed by atoms with Crippen molar-refractivity contribution < 1.29 is 23.5 Å². The molecule has 1 N–H and O–H groups in total. The zero-order valence-electron chi connectivity index (χ0n) is 19.2. The van der Waals surface area contributed by atoms with Gasteiger partial charge in [0, 0.05) is 5.69 Å². The number of anilines is 2. The third kappa shape index (κ3) is 5.70. The highest BCUT2D eigenvalue weighted by Crippen LogP contribution is 2.38. The van der Waals surface area contributed by atoms with E-state index in [-0.39, 0.29) is 23.4 Å². The molecule has 2 amide bonds. The van der Waals surface area contributed by atoms with E-state index in [9.17, 15) is 14.0 Å². The third-order valence-corrected chi connectivity index (χ3v) is 6.81. The fourth-order valence-corrected chi connectivity index (χ4v) is 4.88. The summed E-state index contributed by atoms with van der Waals surface area (Å²) < 4.78 is 24.9. The number of carbonyl (C=O) groups excluding carboxylic acids is 2. The molecule has 1 saturated heterocycles. The number of para-hydroxylation sites is 1. The number of methoxy groups -OCH3 is 1. The first-order valence-corrected chi connectivity index (χ1v) is 12.3. The first-order valence-electron chi connectivity index (χ1n) is 10.7. The topological polar surface area (TPSA) is 67.9 Å². The van der Waals surface area contributed by atoms with Crippen molar-refractivity contribution in [2.75, 3.05) is 23.9 Å². The molecule has 1 aliphatic rings. The Hall–Kier alpha value is -3.40. The summed E-state index contributed by atoms with van der Waals surface area (Å²) >= 11 is 12.3. The molecule has 0 saturated carbocycles. The summed E-state index contributed by atoms with van der Waals surface area (Å²) in [4.78, 5) is 27.0. The summed E-state index contributed by atoms with van der Waals surface area (Å²) in [7, 11) is 1.48.